The number of rotatable bonds is 4. The van der Waals surface area contributed by atoms with Crippen molar-refractivity contribution in [3.63, 3.8) is 0 Å². The van der Waals surface area contributed by atoms with E-state index in [1.165, 1.54) is 5.56 Å². The zero-order valence-electron chi connectivity index (χ0n) is 19.4. The first-order valence-electron chi connectivity index (χ1n) is 11.5. The predicted molar refractivity (Wildman–Crippen MR) is 127 cm³/mol. The molecule has 2 N–H and O–H groups in total. The van der Waals surface area contributed by atoms with E-state index in [1.807, 2.05) is 29.2 Å². The molecule has 0 aromatic heterocycles. The Kier molecular flexibility index (Phi) is 6.51. The van der Waals surface area contributed by atoms with Gasteiger partial charge in [-0.05, 0) is 67.1 Å². The Bertz CT molecular complexity index is 982. The number of fused-ring (bicyclic) bond motifs is 1. The number of carbonyl (C=O) groups is 2. The van der Waals surface area contributed by atoms with Crippen LogP contribution in [0.5, 0.6) is 0 Å². The van der Waals surface area contributed by atoms with E-state index in [1.54, 1.807) is 14.0 Å². The van der Waals surface area contributed by atoms with Gasteiger partial charge in [0.25, 0.3) is 5.91 Å². The van der Waals surface area contributed by atoms with Crippen molar-refractivity contribution in [3.05, 3.63) is 59.2 Å². The largest absolute Gasteiger partial charge is 0.381 e. The Labute approximate surface area is 190 Å². The van der Waals surface area contributed by atoms with Gasteiger partial charge in [0.1, 0.15) is 0 Å². The molecule has 170 valence electrons. The summed E-state index contributed by atoms with van der Waals surface area (Å²) in [6.45, 7) is 7.55. The SMILES string of the molecule is CNC(=O)c1ccc(N[C@H]2c3cc(C4CCOCC4)ccc3N(C(C)=O)[C@@H](C)C2C)cc1. The molecular formula is C26H33N3O3. The molecule has 32 heavy (non-hydrogen) atoms. The minimum atomic E-state index is -0.0974. The molecular weight excluding hydrogens is 402 g/mol. The third-order valence-corrected chi connectivity index (χ3v) is 7.07. The van der Waals surface area contributed by atoms with Crippen LogP contribution in [0.25, 0.3) is 0 Å². The second-order valence-corrected chi connectivity index (χ2v) is 8.97. The molecule has 0 aliphatic carbocycles. The van der Waals surface area contributed by atoms with Crippen molar-refractivity contribution in [2.75, 3.05) is 30.5 Å². The van der Waals surface area contributed by atoms with Gasteiger partial charge < -0.3 is 20.3 Å². The summed E-state index contributed by atoms with van der Waals surface area (Å²) in [5.41, 5.74) is 5.05. The summed E-state index contributed by atoms with van der Waals surface area (Å²) in [6.07, 6.45) is 2.06. The Morgan fingerprint density at radius 2 is 1.72 bits per heavy atom. The summed E-state index contributed by atoms with van der Waals surface area (Å²) in [5, 5.41) is 6.35. The van der Waals surface area contributed by atoms with Gasteiger partial charge in [-0.25, -0.2) is 0 Å². The van der Waals surface area contributed by atoms with E-state index in [-0.39, 0.29) is 29.8 Å². The Balaban J connectivity index is 1.70. The molecule has 3 atom stereocenters. The van der Waals surface area contributed by atoms with Crippen LogP contribution in [0.1, 0.15) is 67.1 Å². The molecule has 1 saturated heterocycles. The van der Waals surface area contributed by atoms with Gasteiger partial charge in [0.05, 0.1) is 6.04 Å². The van der Waals surface area contributed by atoms with Crippen molar-refractivity contribution in [1.82, 2.24) is 5.32 Å². The van der Waals surface area contributed by atoms with E-state index in [0.717, 1.165) is 43.0 Å². The van der Waals surface area contributed by atoms with E-state index in [4.69, 9.17) is 4.74 Å². The van der Waals surface area contributed by atoms with Crippen molar-refractivity contribution in [3.8, 4) is 0 Å². The van der Waals surface area contributed by atoms with Crippen molar-refractivity contribution < 1.29 is 14.3 Å². The zero-order valence-corrected chi connectivity index (χ0v) is 19.4. The number of hydrogen-bond acceptors (Lipinski definition) is 4. The van der Waals surface area contributed by atoms with Gasteiger partial charge in [0.2, 0.25) is 5.91 Å². The summed E-state index contributed by atoms with van der Waals surface area (Å²) in [5.74, 6) is 0.662. The normalized spacial score (nSPS) is 23.4. The maximum atomic E-state index is 12.6. The second kappa shape index (κ2) is 9.33. The van der Waals surface area contributed by atoms with Crippen molar-refractivity contribution in [1.29, 1.82) is 0 Å². The first-order chi connectivity index (χ1) is 15.4. The number of amides is 2. The Morgan fingerprint density at radius 1 is 1.03 bits per heavy atom. The molecule has 2 aliphatic heterocycles. The average molecular weight is 436 g/mol. The van der Waals surface area contributed by atoms with E-state index in [0.29, 0.717) is 11.5 Å². The highest BCUT2D eigenvalue weighted by Crippen LogP contribution is 2.44. The third-order valence-electron chi connectivity index (χ3n) is 7.07. The van der Waals surface area contributed by atoms with Crippen LogP contribution in [-0.4, -0.2) is 38.1 Å². The van der Waals surface area contributed by atoms with Crippen LogP contribution in [0, 0.1) is 5.92 Å². The van der Waals surface area contributed by atoms with Crippen LogP contribution >= 0.6 is 0 Å². The van der Waals surface area contributed by atoms with Gasteiger partial charge >= 0.3 is 0 Å². The quantitative estimate of drug-likeness (QED) is 0.743. The molecule has 6 heteroatoms. The van der Waals surface area contributed by atoms with E-state index in [9.17, 15) is 9.59 Å². The van der Waals surface area contributed by atoms with Crippen molar-refractivity contribution in [2.24, 2.45) is 5.92 Å². The number of nitrogens with zero attached hydrogens (tertiary/aromatic N) is 1. The molecule has 0 spiro atoms. The maximum Gasteiger partial charge on any atom is 0.251 e. The van der Waals surface area contributed by atoms with E-state index < -0.39 is 0 Å². The van der Waals surface area contributed by atoms with Crippen molar-refractivity contribution >= 4 is 23.2 Å². The molecule has 2 aromatic carbocycles. The molecule has 6 nitrogen and oxygen atoms in total. The zero-order chi connectivity index (χ0) is 22.8. The Hall–Kier alpha value is -2.86. The first kappa shape index (κ1) is 22.3. The second-order valence-electron chi connectivity index (χ2n) is 8.97. The van der Waals surface area contributed by atoms with Gasteiger partial charge in [-0.15, -0.1) is 0 Å². The molecule has 0 saturated carbocycles. The monoisotopic (exact) mass is 435 g/mol. The highest BCUT2D eigenvalue weighted by molar-refractivity contribution is 5.95. The smallest absolute Gasteiger partial charge is 0.251 e. The topological polar surface area (TPSA) is 70.7 Å². The number of hydrogen-bond donors (Lipinski definition) is 2. The first-order valence-corrected chi connectivity index (χ1v) is 11.5. The van der Waals surface area contributed by atoms with Gasteiger partial charge in [-0.3, -0.25) is 9.59 Å². The lowest BCUT2D eigenvalue weighted by atomic mass is 9.80. The summed E-state index contributed by atoms with van der Waals surface area (Å²) < 4.78 is 5.55. The molecule has 0 radical (unpaired) electrons. The standard InChI is InChI=1S/C26H33N3O3/c1-16-17(2)29(18(3)30)24-10-7-21(19-11-13-32-14-12-19)15-23(24)25(16)28-22-8-5-20(6-9-22)26(31)27-4/h5-10,15-17,19,25,28H,11-14H2,1-4H3,(H,27,31)/t16?,17-,25+/m0/s1. The minimum Gasteiger partial charge on any atom is -0.381 e. The number of anilines is 2. The third kappa shape index (κ3) is 4.24. The van der Waals surface area contributed by atoms with Crippen LogP contribution in [0.3, 0.4) is 0 Å². The molecule has 2 aliphatic rings. The van der Waals surface area contributed by atoms with Crippen LogP contribution in [0.15, 0.2) is 42.5 Å². The molecule has 0 bridgehead atoms. The lowest BCUT2D eigenvalue weighted by molar-refractivity contribution is -0.117. The highest BCUT2D eigenvalue weighted by atomic mass is 16.5. The summed E-state index contributed by atoms with van der Waals surface area (Å²) >= 11 is 0. The molecule has 2 aromatic rings. The van der Waals surface area contributed by atoms with Crippen molar-refractivity contribution in [2.45, 2.75) is 51.6 Å². The number of nitrogens with one attached hydrogen (secondary N) is 2. The fourth-order valence-corrected chi connectivity index (χ4v) is 5.05. The van der Waals surface area contributed by atoms with Crippen LogP contribution in [-0.2, 0) is 9.53 Å². The number of benzene rings is 2. The summed E-state index contributed by atoms with van der Waals surface area (Å²) in [4.78, 5) is 26.4. The fourth-order valence-electron chi connectivity index (χ4n) is 5.05. The van der Waals surface area contributed by atoms with Crippen LogP contribution < -0.4 is 15.5 Å². The number of carbonyl (C=O) groups excluding carboxylic acids is 2. The van der Waals surface area contributed by atoms with E-state index in [2.05, 4.69) is 42.7 Å². The van der Waals surface area contributed by atoms with Gasteiger partial charge in [-0.2, -0.15) is 0 Å². The van der Waals surface area contributed by atoms with Crippen LogP contribution in [0.4, 0.5) is 11.4 Å². The lowest BCUT2D eigenvalue weighted by Crippen LogP contribution is -2.48. The Morgan fingerprint density at radius 3 is 2.34 bits per heavy atom. The fraction of sp³-hybridized carbons (Fsp3) is 0.462. The summed E-state index contributed by atoms with van der Waals surface area (Å²) in [6, 6.07) is 14.3. The lowest BCUT2D eigenvalue weighted by Gasteiger charge is -2.44. The van der Waals surface area contributed by atoms with Gasteiger partial charge in [0.15, 0.2) is 0 Å². The molecule has 1 fully saturated rings. The maximum absolute atomic E-state index is 12.6. The van der Waals surface area contributed by atoms with Gasteiger partial charge in [0, 0.05) is 56.1 Å². The summed E-state index contributed by atoms with van der Waals surface area (Å²) in [7, 11) is 1.63. The highest BCUT2D eigenvalue weighted by Gasteiger charge is 2.38. The predicted octanol–water partition coefficient (Wildman–Crippen LogP) is 4.48. The van der Waals surface area contributed by atoms with Gasteiger partial charge in [-0.1, -0.05) is 19.1 Å². The molecule has 4 rings (SSSR count). The average Bonchev–Trinajstić information content (AvgIpc) is 2.82. The molecule has 2 amide bonds. The molecule has 1 unspecified atom stereocenters. The van der Waals surface area contributed by atoms with Crippen LogP contribution in [0.2, 0.25) is 0 Å². The molecule has 2 heterocycles. The minimum absolute atomic E-state index is 0.0567. The number of ether oxygens (including phenoxy) is 1. The van der Waals surface area contributed by atoms with E-state index >= 15 is 0 Å².